The highest BCUT2D eigenvalue weighted by Gasteiger charge is 1.95. The SMILES string of the molecule is Cc1ccc(F)c(Cl)c1.Cc1ccc(F)cc1. The molecule has 0 saturated heterocycles. The third-order valence-electron chi connectivity index (χ3n) is 2.09. The predicted octanol–water partition coefficient (Wildman–Crippen LogP) is 4.92. The number of hydrogen-bond acceptors (Lipinski definition) is 0. The second-order valence-corrected chi connectivity index (χ2v) is 4.12. The van der Waals surface area contributed by atoms with Gasteiger partial charge in [0.05, 0.1) is 5.02 Å². The van der Waals surface area contributed by atoms with Gasteiger partial charge in [0.1, 0.15) is 11.6 Å². The average Bonchev–Trinajstić information content (AvgIpc) is 2.29. The molecule has 0 fully saturated rings. The largest absolute Gasteiger partial charge is 0.207 e. The molecule has 90 valence electrons. The van der Waals surface area contributed by atoms with E-state index in [1.165, 1.54) is 18.2 Å². The molecule has 17 heavy (non-hydrogen) atoms. The first-order chi connectivity index (χ1) is 7.99. The molecule has 0 radical (unpaired) electrons. The normalized spacial score (nSPS) is 9.47. The zero-order valence-corrected chi connectivity index (χ0v) is 10.4. The van der Waals surface area contributed by atoms with Crippen LogP contribution in [0.25, 0.3) is 0 Å². The van der Waals surface area contributed by atoms with Crippen molar-refractivity contribution >= 4 is 11.6 Å². The van der Waals surface area contributed by atoms with E-state index in [0.29, 0.717) is 0 Å². The number of rotatable bonds is 0. The van der Waals surface area contributed by atoms with E-state index in [0.717, 1.165) is 11.1 Å². The van der Waals surface area contributed by atoms with Crippen LogP contribution in [-0.4, -0.2) is 0 Å². The Morgan fingerprint density at radius 3 is 1.76 bits per heavy atom. The van der Waals surface area contributed by atoms with Gasteiger partial charge in [-0.25, -0.2) is 8.78 Å². The van der Waals surface area contributed by atoms with Gasteiger partial charge in [0.25, 0.3) is 0 Å². The molecule has 0 bridgehead atoms. The second kappa shape index (κ2) is 6.36. The molecule has 2 aromatic carbocycles. The third kappa shape index (κ3) is 4.96. The van der Waals surface area contributed by atoms with E-state index in [9.17, 15) is 8.78 Å². The maximum Gasteiger partial charge on any atom is 0.141 e. The first-order valence-electron chi connectivity index (χ1n) is 5.13. The molecule has 0 aliphatic heterocycles. The summed E-state index contributed by atoms with van der Waals surface area (Å²) >= 11 is 5.44. The van der Waals surface area contributed by atoms with E-state index < -0.39 is 0 Å². The standard InChI is InChI=1S/C7H6ClF.C7H7F/c1-5-2-3-7(9)6(8)4-5;1-6-2-4-7(8)5-3-6/h2-4H,1H3;2-5H,1H3. The van der Waals surface area contributed by atoms with E-state index in [-0.39, 0.29) is 16.7 Å². The zero-order chi connectivity index (χ0) is 12.8. The molecule has 0 spiro atoms. The summed E-state index contributed by atoms with van der Waals surface area (Å²) in [6.45, 7) is 3.80. The summed E-state index contributed by atoms with van der Waals surface area (Å²) in [7, 11) is 0. The van der Waals surface area contributed by atoms with E-state index in [1.54, 1.807) is 24.3 Å². The molecular weight excluding hydrogens is 242 g/mol. The summed E-state index contributed by atoms with van der Waals surface area (Å²) in [5.74, 6) is -0.530. The Labute approximate surface area is 105 Å². The molecule has 0 saturated carbocycles. The van der Waals surface area contributed by atoms with Crippen LogP contribution in [0.3, 0.4) is 0 Å². The lowest BCUT2D eigenvalue weighted by Crippen LogP contribution is -1.76. The highest BCUT2D eigenvalue weighted by molar-refractivity contribution is 6.30. The Morgan fingerprint density at radius 2 is 1.35 bits per heavy atom. The van der Waals surface area contributed by atoms with E-state index in [4.69, 9.17) is 11.6 Å². The van der Waals surface area contributed by atoms with Crippen molar-refractivity contribution in [3.8, 4) is 0 Å². The predicted molar refractivity (Wildman–Crippen MR) is 67.3 cm³/mol. The van der Waals surface area contributed by atoms with Gasteiger partial charge in [-0.2, -0.15) is 0 Å². The first-order valence-corrected chi connectivity index (χ1v) is 5.50. The minimum atomic E-state index is -0.359. The van der Waals surface area contributed by atoms with Crippen molar-refractivity contribution in [1.82, 2.24) is 0 Å². The van der Waals surface area contributed by atoms with Crippen molar-refractivity contribution in [2.45, 2.75) is 13.8 Å². The highest BCUT2D eigenvalue weighted by atomic mass is 35.5. The molecule has 0 aliphatic carbocycles. The monoisotopic (exact) mass is 254 g/mol. The lowest BCUT2D eigenvalue weighted by atomic mass is 10.2. The lowest BCUT2D eigenvalue weighted by molar-refractivity contribution is 0.627. The van der Waals surface area contributed by atoms with E-state index >= 15 is 0 Å². The fraction of sp³-hybridized carbons (Fsp3) is 0.143. The van der Waals surface area contributed by atoms with E-state index in [2.05, 4.69) is 0 Å². The van der Waals surface area contributed by atoms with Gasteiger partial charge in [0, 0.05) is 0 Å². The topological polar surface area (TPSA) is 0 Å². The summed E-state index contributed by atoms with van der Waals surface area (Å²) in [6, 6.07) is 11.0. The molecular formula is C14H13ClF2. The van der Waals surface area contributed by atoms with Gasteiger partial charge in [0.2, 0.25) is 0 Å². The van der Waals surface area contributed by atoms with Crippen LogP contribution >= 0.6 is 11.6 Å². The third-order valence-corrected chi connectivity index (χ3v) is 2.38. The molecule has 0 amide bonds. The van der Waals surface area contributed by atoms with Crippen LogP contribution in [0.5, 0.6) is 0 Å². The maximum absolute atomic E-state index is 12.4. The number of halogens is 3. The lowest BCUT2D eigenvalue weighted by Gasteiger charge is -1.93. The van der Waals surface area contributed by atoms with E-state index in [1.807, 2.05) is 13.8 Å². The van der Waals surface area contributed by atoms with Gasteiger partial charge in [0.15, 0.2) is 0 Å². The molecule has 2 aromatic rings. The van der Waals surface area contributed by atoms with Crippen molar-refractivity contribution in [3.63, 3.8) is 0 Å². The molecule has 2 rings (SSSR count). The van der Waals surface area contributed by atoms with Crippen LogP contribution in [-0.2, 0) is 0 Å². The van der Waals surface area contributed by atoms with Crippen LogP contribution in [0.2, 0.25) is 5.02 Å². The first kappa shape index (κ1) is 13.7. The van der Waals surface area contributed by atoms with Gasteiger partial charge < -0.3 is 0 Å². The minimum absolute atomic E-state index is 0.171. The Balaban J connectivity index is 0.000000171. The van der Waals surface area contributed by atoms with Gasteiger partial charge in [-0.3, -0.25) is 0 Å². The van der Waals surface area contributed by atoms with Crippen molar-refractivity contribution in [1.29, 1.82) is 0 Å². The summed E-state index contributed by atoms with van der Waals surface area (Å²) in [5.41, 5.74) is 2.06. The quantitative estimate of drug-likeness (QED) is 0.626. The van der Waals surface area contributed by atoms with Gasteiger partial charge in [-0.15, -0.1) is 0 Å². The van der Waals surface area contributed by atoms with Gasteiger partial charge in [-0.05, 0) is 43.7 Å². The Kier molecular flexibility index (Phi) is 5.11. The fourth-order valence-electron chi connectivity index (χ4n) is 1.13. The Morgan fingerprint density at radius 1 is 0.824 bits per heavy atom. The van der Waals surface area contributed by atoms with Crippen LogP contribution in [0.15, 0.2) is 42.5 Å². The van der Waals surface area contributed by atoms with Crippen LogP contribution in [0.4, 0.5) is 8.78 Å². The summed E-state index contributed by atoms with van der Waals surface area (Å²) in [4.78, 5) is 0. The minimum Gasteiger partial charge on any atom is -0.207 e. The molecule has 0 atom stereocenters. The smallest absolute Gasteiger partial charge is 0.141 e. The number of hydrogen-bond donors (Lipinski definition) is 0. The Bertz CT molecular complexity index is 457. The number of aryl methyl sites for hydroxylation is 2. The summed E-state index contributed by atoms with van der Waals surface area (Å²) < 4.78 is 24.5. The molecule has 0 aliphatic rings. The van der Waals surface area contributed by atoms with Crippen molar-refractivity contribution < 1.29 is 8.78 Å². The molecule has 0 aromatic heterocycles. The fourth-order valence-corrected chi connectivity index (χ4v) is 1.37. The van der Waals surface area contributed by atoms with Crippen molar-refractivity contribution in [2.75, 3.05) is 0 Å². The Hall–Kier alpha value is -1.41. The molecule has 0 heterocycles. The average molecular weight is 255 g/mol. The number of benzene rings is 2. The van der Waals surface area contributed by atoms with Gasteiger partial charge >= 0.3 is 0 Å². The highest BCUT2D eigenvalue weighted by Crippen LogP contribution is 2.14. The molecule has 0 N–H and O–H groups in total. The van der Waals surface area contributed by atoms with Crippen LogP contribution in [0, 0.1) is 25.5 Å². The second-order valence-electron chi connectivity index (χ2n) is 3.71. The maximum atomic E-state index is 12.4. The summed E-state index contributed by atoms with van der Waals surface area (Å²) in [5, 5.41) is 0.190. The summed E-state index contributed by atoms with van der Waals surface area (Å²) in [6.07, 6.45) is 0. The van der Waals surface area contributed by atoms with Crippen molar-refractivity contribution in [2.24, 2.45) is 0 Å². The van der Waals surface area contributed by atoms with Gasteiger partial charge in [-0.1, -0.05) is 35.4 Å². The van der Waals surface area contributed by atoms with Crippen LogP contribution in [0.1, 0.15) is 11.1 Å². The van der Waals surface area contributed by atoms with Crippen molar-refractivity contribution in [3.05, 3.63) is 70.2 Å². The molecule has 3 heteroatoms. The van der Waals surface area contributed by atoms with Crippen LogP contribution < -0.4 is 0 Å². The molecule has 0 nitrogen and oxygen atoms in total. The molecule has 0 unspecified atom stereocenters. The zero-order valence-electron chi connectivity index (χ0n) is 9.68.